The first kappa shape index (κ1) is 38.5. The van der Waals surface area contributed by atoms with Crippen LogP contribution in [0.3, 0.4) is 0 Å². The molecule has 3 nitrogen and oxygen atoms in total. The summed E-state index contributed by atoms with van der Waals surface area (Å²) in [7, 11) is 0. The summed E-state index contributed by atoms with van der Waals surface area (Å²) in [6.07, 6.45) is 0. The van der Waals surface area contributed by atoms with Gasteiger partial charge in [0.15, 0.2) is 0 Å². The van der Waals surface area contributed by atoms with Gasteiger partial charge in [0, 0.05) is 44.3 Å². The molecule has 67 heavy (non-hydrogen) atoms. The SMILES string of the molecule is c1ccc(N(c2ccc(-c3ccc(-c4cc(-c5ccc6oc7ccccc7c6c5)cc(-c5ccc6c(c5)c5ccccc5n6-c5ccccc5)c4)cc3)cc2)c2ccc3ccccc3c2)cc1. The molecule has 11 aromatic carbocycles. The molecule has 0 aliphatic rings. The van der Waals surface area contributed by atoms with Crippen LogP contribution in [0.25, 0.3) is 105 Å². The van der Waals surface area contributed by atoms with Crippen LogP contribution in [-0.4, -0.2) is 4.57 Å². The molecule has 0 spiro atoms. The Hall–Kier alpha value is -8.92. The van der Waals surface area contributed by atoms with Crippen LogP contribution in [0.1, 0.15) is 0 Å². The second-order valence-corrected chi connectivity index (χ2v) is 17.4. The minimum atomic E-state index is 0.895. The number of nitrogens with zero attached hydrogens (tertiary/aromatic N) is 2. The van der Waals surface area contributed by atoms with Gasteiger partial charge in [-0.15, -0.1) is 0 Å². The van der Waals surface area contributed by atoms with Crippen molar-refractivity contribution in [1.29, 1.82) is 0 Å². The van der Waals surface area contributed by atoms with E-state index < -0.39 is 0 Å². The fraction of sp³-hybridized carbons (Fsp3) is 0. The molecule has 0 amide bonds. The highest BCUT2D eigenvalue weighted by molar-refractivity contribution is 6.11. The summed E-state index contributed by atoms with van der Waals surface area (Å²) in [5, 5.41) is 7.17. The van der Waals surface area contributed by atoms with E-state index in [-0.39, 0.29) is 0 Å². The van der Waals surface area contributed by atoms with Gasteiger partial charge in [0.25, 0.3) is 0 Å². The van der Waals surface area contributed by atoms with Crippen molar-refractivity contribution in [3.05, 3.63) is 255 Å². The fourth-order valence-electron chi connectivity index (χ4n) is 10.0. The standard InChI is InChI=1S/C64H42N2O/c1-3-15-53(16-4-1)65(56-34-29-43-13-7-8-14-47(43)40-56)55-32-27-45(28-33-55)44-23-25-46(26-24-44)50-37-51(39-52(38-50)49-31-36-64-60(42-49)58-20-10-12-22-63(58)67-64)48-30-35-62-59(41-48)57-19-9-11-21-61(57)66(62)54-17-5-2-6-18-54/h1-42H. The molecule has 0 aliphatic heterocycles. The second kappa shape index (κ2) is 16.0. The minimum absolute atomic E-state index is 0.895. The molecular weight excluding hydrogens is 813 g/mol. The van der Waals surface area contributed by atoms with Crippen molar-refractivity contribution in [3.63, 3.8) is 0 Å². The van der Waals surface area contributed by atoms with Crippen LogP contribution < -0.4 is 4.90 Å². The first-order chi connectivity index (χ1) is 33.2. The molecular formula is C64H42N2O. The van der Waals surface area contributed by atoms with Gasteiger partial charge in [-0.1, -0.05) is 152 Å². The van der Waals surface area contributed by atoms with Crippen molar-refractivity contribution in [3.8, 4) is 50.2 Å². The molecule has 2 heterocycles. The van der Waals surface area contributed by atoms with Crippen LogP contribution in [0.5, 0.6) is 0 Å². The lowest BCUT2D eigenvalue weighted by molar-refractivity contribution is 0.669. The molecule has 3 heteroatoms. The number of fused-ring (bicyclic) bond motifs is 7. The topological polar surface area (TPSA) is 21.3 Å². The molecule has 13 aromatic rings. The van der Waals surface area contributed by atoms with Crippen molar-refractivity contribution in [2.45, 2.75) is 0 Å². The van der Waals surface area contributed by atoms with Gasteiger partial charge in [-0.3, -0.25) is 0 Å². The van der Waals surface area contributed by atoms with E-state index in [2.05, 4.69) is 252 Å². The predicted octanol–water partition coefficient (Wildman–Crippen LogP) is 18.0. The predicted molar refractivity (Wildman–Crippen MR) is 282 cm³/mol. The quantitative estimate of drug-likeness (QED) is 0.152. The van der Waals surface area contributed by atoms with Crippen molar-refractivity contribution in [2.24, 2.45) is 0 Å². The maximum Gasteiger partial charge on any atom is 0.135 e. The van der Waals surface area contributed by atoms with Crippen LogP contribution in [0, 0.1) is 0 Å². The van der Waals surface area contributed by atoms with E-state index >= 15 is 0 Å². The zero-order valence-corrected chi connectivity index (χ0v) is 36.6. The van der Waals surface area contributed by atoms with Gasteiger partial charge in [-0.05, 0) is 158 Å². The van der Waals surface area contributed by atoms with Crippen molar-refractivity contribution >= 4 is 71.6 Å². The van der Waals surface area contributed by atoms with Crippen LogP contribution in [0.4, 0.5) is 17.1 Å². The minimum Gasteiger partial charge on any atom is -0.456 e. The smallest absolute Gasteiger partial charge is 0.135 e. The molecule has 0 saturated heterocycles. The number of hydrogen-bond donors (Lipinski definition) is 0. The third kappa shape index (κ3) is 6.84. The Kier molecular flexibility index (Phi) is 9.17. The molecule has 0 bridgehead atoms. The lowest BCUT2D eigenvalue weighted by Gasteiger charge is -2.26. The number of rotatable bonds is 8. The first-order valence-electron chi connectivity index (χ1n) is 22.9. The Morgan fingerprint density at radius 2 is 0.761 bits per heavy atom. The summed E-state index contributed by atoms with van der Waals surface area (Å²) in [6, 6.07) is 92.1. The van der Waals surface area contributed by atoms with E-state index in [0.717, 1.165) is 72.5 Å². The third-order valence-corrected chi connectivity index (χ3v) is 13.3. The fourth-order valence-corrected chi connectivity index (χ4v) is 10.0. The monoisotopic (exact) mass is 854 g/mol. The number of hydrogen-bond acceptors (Lipinski definition) is 2. The summed E-state index contributed by atoms with van der Waals surface area (Å²) in [6.45, 7) is 0. The highest BCUT2D eigenvalue weighted by Gasteiger charge is 2.17. The van der Waals surface area contributed by atoms with Gasteiger partial charge >= 0.3 is 0 Å². The highest BCUT2D eigenvalue weighted by Crippen LogP contribution is 2.41. The maximum atomic E-state index is 6.26. The molecule has 0 radical (unpaired) electrons. The average Bonchev–Trinajstić information content (AvgIpc) is 3.94. The molecule has 314 valence electrons. The first-order valence-corrected chi connectivity index (χ1v) is 22.9. The lowest BCUT2D eigenvalue weighted by Crippen LogP contribution is -2.09. The van der Waals surface area contributed by atoms with Gasteiger partial charge < -0.3 is 13.9 Å². The summed E-state index contributed by atoms with van der Waals surface area (Å²) >= 11 is 0. The average molecular weight is 855 g/mol. The van der Waals surface area contributed by atoms with E-state index in [0.29, 0.717) is 0 Å². The number of para-hydroxylation sites is 4. The number of aromatic nitrogens is 1. The van der Waals surface area contributed by atoms with E-state index in [1.165, 1.54) is 49.3 Å². The Labute approximate surface area is 388 Å². The third-order valence-electron chi connectivity index (χ3n) is 13.3. The van der Waals surface area contributed by atoms with Gasteiger partial charge in [0.1, 0.15) is 11.2 Å². The van der Waals surface area contributed by atoms with Crippen LogP contribution in [0.15, 0.2) is 259 Å². The zero-order valence-electron chi connectivity index (χ0n) is 36.6. The Balaban J connectivity index is 0.895. The van der Waals surface area contributed by atoms with Crippen molar-refractivity contribution in [2.75, 3.05) is 4.90 Å². The Morgan fingerprint density at radius 3 is 1.51 bits per heavy atom. The van der Waals surface area contributed by atoms with Gasteiger partial charge in [-0.25, -0.2) is 0 Å². The summed E-state index contributed by atoms with van der Waals surface area (Å²) in [5.74, 6) is 0. The molecule has 0 fully saturated rings. The normalized spacial score (nSPS) is 11.6. The van der Waals surface area contributed by atoms with Crippen LogP contribution >= 0.6 is 0 Å². The van der Waals surface area contributed by atoms with Crippen molar-refractivity contribution in [1.82, 2.24) is 4.57 Å². The van der Waals surface area contributed by atoms with E-state index in [4.69, 9.17) is 4.42 Å². The molecule has 0 N–H and O–H groups in total. The highest BCUT2D eigenvalue weighted by atomic mass is 16.3. The Bertz CT molecular complexity index is 3960. The summed E-state index contributed by atoms with van der Waals surface area (Å²) in [5.41, 5.74) is 18.0. The second-order valence-electron chi connectivity index (χ2n) is 17.4. The van der Waals surface area contributed by atoms with E-state index in [9.17, 15) is 0 Å². The van der Waals surface area contributed by atoms with Crippen LogP contribution in [-0.2, 0) is 0 Å². The number of anilines is 3. The molecule has 0 unspecified atom stereocenters. The maximum absolute atomic E-state index is 6.26. The number of furan rings is 1. The largest absolute Gasteiger partial charge is 0.456 e. The van der Waals surface area contributed by atoms with Gasteiger partial charge in [-0.2, -0.15) is 0 Å². The van der Waals surface area contributed by atoms with E-state index in [1.807, 2.05) is 12.1 Å². The molecule has 2 aromatic heterocycles. The molecule has 13 rings (SSSR count). The van der Waals surface area contributed by atoms with Crippen LogP contribution in [0.2, 0.25) is 0 Å². The molecule has 0 atom stereocenters. The van der Waals surface area contributed by atoms with Gasteiger partial charge in [0.05, 0.1) is 11.0 Å². The molecule has 0 saturated carbocycles. The summed E-state index contributed by atoms with van der Waals surface area (Å²) < 4.78 is 8.63. The number of benzene rings is 11. The lowest BCUT2D eigenvalue weighted by atomic mass is 9.91. The zero-order chi connectivity index (χ0) is 44.3. The summed E-state index contributed by atoms with van der Waals surface area (Å²) in [4.78, 5) is 2.33. The van der Waals surface area contributed by atoms with Crippen molar-refractivity contribution < 1.29 is 4.42 Å². The molecule has 0 aliphatic carbocycles. The Morgan fingerprint density at radius 1 is 0.269 bits per heavy atom. The van der Waals surface area contributed by atoms with Gasteiger partial charge in [0.2, 0.25) is 0 Å². The van der Waals surface area contributed by atoms with E-state index in [1.54, 1.807) is 0 Å².